The largest absolute Gasteiger partial charge is 0.478 e. The van der Waals surface area contributed by atoms with Gasteiger partial charge in [0.05, 0.1) is 23.8 Å². The molecule has 1 aliphatic rings. The first kappa shape index (κ1) is 34.4. The molecule has 0 aliphatic heterocycles. The molecule has 1 saturated carbocycles. The summed E-state index contributed by atoms with van der Waals surface area (Å²) in [6.07, 6.45) is 5.51. The molecule has 5 rings (SSSR count). The van der Waals surface area contributed by atoms with Gasteiger partial charge in [0.2, 0.25) is 5.91 Å². The summed E-state index contributed by atoms with van der Waals surface area (Å²) in [6, 6.07) is 7.69. The minimum atomic E-state index is -1.49. The van der Waals surface area contributed by atoms with Crippen molar-refractivity contribution in [2.75, 3.05) is 6.61 Å². The van der Waals surface area contributed by atoms with Crippen molar-refractivity contribution in [3.05, 3.63) is 68.4 Å². The number of fused-ring (bicyclic) bond motifs is 1. The van der Waals surface area contributed by atoms with Crippen LogP contribution in [0.2, 0.25) is 0 Å². The van der Waals surface area contributed by atoms with Crippen LogP contribution >= 0.6 is 24.2 Å². The number of nitrogens with one attached hydrogen (secondary N) is 1. The van der Waals surface area contributed by atoms with Crippen LogP contribution in [0, 0.1) is 35.4 Å². The van der Waals surface area contributed by atoms with Crippen LogP contribution in [0.15, 0.2) is 40.2 Å². The maximum Gasteiger partial charge on any atom is 0.333 e. The van der Waals surface area contributed by atoms with Crippen molar-refractivity contribution in [3.8, 4) is 22.9 Å². The van der Waals surface area contributed by atoms with Crippen LogP contribution in [0.25, 0.3) is 15.2 Å². The Hall–Kier alpha value is -4.51. The quantitative estimate of drug-likeness (QED) is 0.190. The maximum absolute atomic E-state index is 14.1. The molecular weight excluding hydrogens is 636 g/mol. The first-order chi connectivity index (χ1) is 21.9. The highest BCUT2D eigenvalue weighted by atomic mass is 32.1. The number of hydrogen-bond donors (Lipinski definition) is 2. The number of carbonyl (C=O) groups is 1. The first-order valence-electron chi connectivity index (χ1n) is 14.4. The molecule has 13 nitrogen and oxygen atoms in total. The van der Waals surface area contributed by atoms with E-state index in [-0.39, 0.29) is 31.0 Å². The fraction of sp³-hybridized carbons (Fsp3) is 0.433. The third-order valence-electron chi connectivity index (χ3n) is 7.60. The van der Waals surface area contributed by atoms with E-state index in [0.29, 0.717) is 26.7 Å². The molecule has 0 saturated heterocycles. The van der Waals surface area contributed by atoms with Gasteiger partial charge in [-0.25, -0.2) is 13.8 Å². The number of nitrogens with zero attached hydrogens (tertiary/aromatic N) is 7. The Balaban J connectivity index is 0.000000731. The van der Waals surface area contributed by atoms with E-state index < -0.39 is 34.6 Å². The van der Waals surface area contributed by atoms with Gasteiger partial charge >= 0.3 is 5.69 Å². The summed E-state index contributed by atoms with van der Waals surface area (Å²) in [6.45, 7) is 6.31. The lowest BCUT2D eigenvalue weighted by molar-refractivity contribution is -0.130. The summed E-state index contributed by atoms with van der Waals surface area (Å²) in [5, 5.41) is 29.0. The van der Waals surface area contributed by atoms with Gasteiger partial charge in [0.1, 0.15) is 33.0 Å². The van der Waals surface area contributed by atoms with E-state index >= 15 is 0 Å². The summed E-state index contributed by atoms with van der Waals surface area (Å²) < 4.78 is 26.3. The molecule has 0 spiro atoms. The molecule has 1 fully saturated rings. The highest BCUT2D eigenvalue weighted by molar-refractivity contribution is 7.75. The zero-order valence-electron chi connectivity index (χ0n) is 25.7. The molecule has 46 heavy (non-hydrogen) atoms. The van der Waals surface area contributed by atoms with Gasteiger partial charge in [-0.05, 0) is 90.1 Å². The van der Waals surface area contributed by atoms with E-state index in [2.05, 4.69) is 32.6 Å². The van der Waals surface area contributed by atoms with Gasteiger partial charge in [0.25, 0.3) is 5.56 Å². The Bertz CT molecular complexity index is 1920. The number of thiol groups is 1. The third kappa shape index (κ3) is 7.14. The smallest absolute Gasteiger partial charge is 0.333 e. The van der Waals surface area contributed by atoms with Crippen molar-refractivity contribution in [1.29, 1.82) is 10.5 Å². The molecule has 242 valence electrons. The number of thiophene rings is 1. The van der Waals surface area contributed by atoms with Gasteiger partial charge in [-0.15, -0.1) is 4.80 Å². The van der Waals surface area contributed by atoms with Crippen LogP contribution < -0.4 is 21.3 Å². The standard InChI is InChI=1S/C27H28FN7O4S.C3H5NOS/c1-16-21-22(36)34(27(2,3)25(37)32-19-5-4-6-19)26(38)33(24(21)40-23(16)35-30-11-12-31-35)13-9-17-15-18(28)7-8-20(17)39-14-10-29;1-3(2-4)5-6/h7-8,11-12,15,19H,4-6,9,13-14H2,1-3H3,(H,32,37);3,6H,1H3. The Labute approximate surface area is 273 Å². The number of hydrogen-bond acceptors (Lipinski definition) is 11. The molecule has 3 aromatic heterocycles. The molecule has 1 N–H and O–H groups in total. The predicted octanol–water partition coefficient (Wildman–Crippen LogP) is 3.56. The van der Waals surface area contributed by atoms with Crippen LogP contribution in [0.3, 0.4) is 0 Å². The van der Waals surface area contributed by atoms with Crippen molar-refractivity contribution in [2.24, 2.45) is 0 Å². The zero-order valence-corrected chi connectivity index (χ0v) is 27.4. The molecule has 1 aromatic carbocycles. The van der Waals surface area contributed by atoms with Gasteiger partial charge < -0.3 is 14.2 Å². The number of ether oxygens (including phenoxy) is 1. The first-order valence-corrected chi connectivity index (χ1v) is 15.6. The summed E-state index contributed by atoms with van der Waals surface area (Å²) in [5.74, 6) is -0.583. The Kier molecular flexibility index (Phi) is 11.0. The highest BCUT2D eigenvalue weighted by Crippen LogP contribution is 2.31. The van der Waals surface area contributed by atoms with Gasteiger partial charge in [-0.3, -0.25) is 14.2 Å². The minimum Gasteiger partial charge on any atom is -0.478 e. The second-order valence-electron chi connectivity index (χ2n) is 11.1. The normalized spacial score (nSPS) is 13.6. The molecule has 0 bridgehead atoms. The number of amides is 1. The molecule has 4 aromatic rings. The summed E-state index contributed by atoms with van der Waals surface area (Å²) in [7, 11) is 0. The van der Waals surface area contributed by atoms with Crippen molar-refractivity contribution in [2.45, 2.75) is 77.6 Å². The van der Waals surface area contributed by atoms with E-state index in [1.54, 1.807) is 27.7 Å². The summed E-state index contributed by atoms with van der Waals surface area (Å²) in [5.41, 5.74) is -1.71. The van der Waals surface area contributed by atoms with Crippen LogP contribution in [-0.2, 0) is 27.5 Å². The van der Waals surface area contributed by atoms with Gasteiger partial charge in [0.15, 0.2) is 12.7 Å². The monoisotopic (exact) mass is 668 g/mol. The molecule has 1 unspecified atom stereocenters. The highest BCUT2D eigenvalue weighted by Gasteiger charge is 2.37. The van der Waals surface area contributed by atoms with Crippen molar-refractivity contribution < 1.29 is 18.1 Å². The Morgan fingerprint density at radius 2 is 1.96 bits per heavy atom. The average Bonchev–Trinajstić information content (AvgIpc) is 3.66. The summed E-state index contributed by atoms with van der Waals surface area (Å²) in [4.78, 5) is 43.1. The number of benzene rings is 1. The fourth-order valence-electron chi connectivity index (χ4n) is 4.80. The van der Waals surface area contributed by atoms with Gasteiger partial charge in [0, 0.05) is 18.2 Å². The number of halogens is 1. The van der Waals surface area contributed by atoms with E-state index in [1.165, 1.54) is 51.3 Å². The number of carbonyl (C=O) groups excluding carboxylic acids is 1. The van der Waals surface area contributed by atoms with Crippen LogP contribution in [-0.4, -0.2) is 48.8 Å². The van der Waals surface area contributed by atoms with E-state index in [9.17, 15) is 18.8 Å². The van der Waals surface area contributed by atoms with Crippen molar-refractivity contribution >= 4 is 40.4 Å². The van der Waals surface area contributed by atoms with Crippen LogP contribution in [0.1, 0.15) is 51.2 Å². The second-order valence-corrected chi connectivity index (χ2v) is 12.3. The zero-order chi connectivity index (χ0) is 33.6. The van der Waals surface area contributed by atoms with Crippen molar-refractivity contribution in [3.63, 3.8) is 0 Å². The topological polar surface area (TPSA) is 170 Å². The molecule has 1 amide bonds. The maximum atomic E-state index is 14.1. The van der Waals surface area contributed by atoms with Gasteiger partial charge in [-0.2, -0.15) is 20.7 Å². The van der Waals surface area contributed by atoms with E-state index in [0.717, 1.165) is 23.8 Å². The molecule has 0 radical (unpaired) electrons. The van der Waals surface area contributed by atoms with Crippen LogP contribution in [0.4, 0.5) is 4.39 Å². The van der Waals surface area contributed by atoms with E-state index in [4.69, 9.17) is 15.3 Å². The van der Waals surface area contributed by atoms with Crippen molar-refractivity contribution in [1.82, 2.24) is 29.4 Å². The minimum absolute atomic E-state index is 0.0219. The molecule has 1 atom stereocenters. The van der Waals surface area contributed by atoms with E-state index in [1.807, 2.05) is 12.1 Å². The fourth-order valence-corrected chi connectivity index (χ4v) is 6.09. The molecule has 3 heterocycles. The number of rotatable bonds is 10. The van der Waals surface area contributed by atoms with Gasteiger partial charge in [-0.1, -0.05) is 11.3 Å². The number of aryl methyl sites for hydroxylation is 3. The molecule has 16 heteroatoms. The predicted molar refractivity (Wildman–Crippen MR) is 171 cm³/mol. The Morgan fingerprint density at radius 3 is 2.52 bits per heavy atom. The molecular formula is C30H33FN8O5S2. The third-order valence-corrected chi connectivity index (χ3v) is 9.20. The Morgan fingerprint density at radius 1 is 1.26 bits per heavy atom. The summed E-state index contributed by atoms with van der Waals surface area (Å²) >= 11 is 4.56. The second kappa shape index (κ2) is 14.7. The lowest BCUT2D eigenvalue weighted by atomic mass is 9.91. The average molecular weight is 669 g/mol. The molecule has 1 aliphatic carbocycles. The lowest BCUT2D eigenvalue weighted by Crippen LogP contribution is -2.57. The number of nitriles is 2. The number of aromatic nitrogens is 5. The lowest BCUT2D eigenvalue weighted by Gasteiger charge is -2.32. The SMILES string of the molecule is CC(C#N)OS.Cc1c(-n2nccn2)sc2c1c(=O)n(C(C)(C)C(=O)NC1CCC1)c(=O)n2CCc1cc(F)ccc1OCC#N. The van der Waals surface area contributed by atoms with Crippen LogP contribution in [0.5, 0.6) is 5.75 Å².